The molecule has 0 amide bonds. The van der Waals surface area contributed by atoms with Crippen molar-refractivity contribution in [1.29, 1.82) is 0 Å². The van der Waals surface area contributed by atoms with Crippen molar-refractivity contribution in [2.75, 3.05) is 0 Å². The molecule has 4 nitrogen and oxygen atoms in total. The van der Waals surface area contributed by atoms with Crippen molar-refractivity contribution in [3.8, 4) is 5.75 Å². The second-order valence-electron chi connectivity index (χ2n) is 3.67. The van der Waals surface area contributed by atoms with Crippen LogP contribution in [0.5, 0.6) is 5.75 Å². The predicted molar refractivity (Wildman–Crippen MR) is 51.2 cm³/mol. The molecule has 0 bridgehead atoms. The summed E-state index contributed by atoms with van der Waals surface area (Å²) in [6, 6.07) is 2.70. The van der Waals surface area contributed by atoms with Gasteiger partial charge in [-0.3, -0.25) is 4.79 Å². The first-order valence-electron chi connectivity index (χ1n) is 4.74. The summed E-state index contributed by atoms with van der Waals surface area (Å²) in [4.78, 5) is 13.7. The van der Waals surface area contributed by atoms with Crippen LogP contribution in [-0.4, -0.2) is 16.2 Å². The second kappa shape index (κ2) is 3.46. The fourth-order valence-corrected chi connectivity index (χ4v) is 1.75. The number of rotatable bonds is 1. The van der Waals surface area contributed by atoms with E-state index in [2.05, 4.69) is 4.98 Å². The summed E-state index contributed by atoms with van der Waals surface area (Å²) in [7, 11) is 0. The van der Waals surface area contributed by atoms with Crippen molar-refractivity contribution in [3.05, 3.63) is 28.2 Å². The molecular weight excluding hydrogens is 182 g/mol. The van der Waals surface area contributed by atoms with Gasteiger partial charge in [0.05, 0.1) is 17.9 Å². The van der Waals surface area contributed by atoms with Gasteiger partial charge in [0.15, 0.2) is 0 Å². The van der Waals surface area contributed by atoms with E-state index >= 15 is 0 Å². The molecule has 2 rings (SSSR count). The van der Waals surface area contributed by atoms with Gasteiger partial charge in [0.25, 0.3) is 5.56 Å². The molecule has 1 fully saturated rings. The molecule has 0 aromatic carbocycles. The zero-order chi connectivity index (χ0) is 10.1. The Hall–Kier alpha value is -1.29. The standard InChI is InChI=1S/C10H13NO3/c1-6-2-3-9(14-6)8-4-7(12)5-10(13)11-8/h4-6,9H,2-3H2,1H3,(H2,11,12,13). The van der Waals surface area contributed by atoms with Crippen molar-refractivity contribution in [2.45, 2.75) is 32.0 Å². The van der Waals surface area contributed by atoms with Crippen LogP contribution in [0.15, 0.2) is 16.9 Å². The van der Waals surface area contributed by atoms with Gasteiger partial charge in [0, 0.05) is 12.1 Å². The van der Waals surface area contributed by atoms with Crippen LogP contribution >= 0.6 is 0 Å². The number of hydrogen-bond donors (Lipinski definition) is 2. The molecule has 76 valence electrons. The molecule has 14 heavy (non-hydrogen) atoms. The lowest BCUT2D eigenvalue weighted by atomic mass is 10.1. The van der Waals surface area contributed by atoms with Crippen molar-refractivity contribution in [3.63, 3.8) is 0 Å². The SMILES string of the molecule is CC1CCC(c2cc(O)cc(=O)[nH]2)O1. The van der Waals surface area contributed by atoms with Gasteiger partial charge in [-0.05, 0) is 19.8 Å². The van der Waals surface area contributed by atoms with Crippen LogP contribution in [0.1, 0.15) is 31.6 Å². The van der Waals surface area contributed by atoms with E-state index in [9.17, 15) is 9.90 Å². The lowest BCUT2D eigenvalue weighted by Crippen LogP contribution is -2.10. The highest BCUT2D eigenvalue weighted by atomic mass is 16.5. The third-order valence-electron chi connectivity index (χ3n) is 2.43. The number of nitrogens with one attached hydrogen (secondary N) is 1. The highest BCUT2D eigenvalue weighted by Gasteiger charge is 2.24. The molecule has 2 heterocycles. The van der Waals surface area contributed by atoms with E-state index in [0.29, 0.717) is 5.69 Å². The number of pyridine rings is 1. The molecule has 1 aliphatic rings. The lowest BCUT2D eigenvalue weighted by Gasteiger charge is -2.10. The lowest BCUT2D eigenvalue weighted by molar-refractivity contribution is 0.0528. The van der Waals surface area contributed by atoms with Crippen LogP contribution < -0.4 is 5.56 Å². The maximum Gasteiger partial charge on any atom is 0.251 e. The predicted octanol–water partition coefficient (Wildman–Crippen LogP) is 1.32. The molecule has 2 unspecified atom stereocenters. The Labute approximate surface area is 81.5 Å². The summed E-state index contributed by atoms with van der Waals surface area (Å²) >= 11 is 0. The zero-order valence-electron chi connectivity index (χ0n) is 7.99. The number of H-pyrrole nitrogens is 1. The van der Waals surface area contributed by atoms with E-state index in [1.165, 1.54) is 0 Å². The molecule has 0 saturated carbocycles. The molecule has 0 radical (unpaired) electrons. The molecule has 1 aromatic heterocycles. The summed E-state index contributed by atoms with van der Waals surface area (Å²) in [5, 5.41) is 9.24. The fraction of sp³-hybridized carbons (Fsp3) is 0.500. The number of aromatic hydroxyl groups is 1. The van der Waals surface area contributed by atoms with E-state index in [4.69, 9.17) is 4.74 Å². The van der Waals surface area contributed by atoms with Crippen LogP contribution in [0.25, 0.3) is 0 Å². The zero-order valence-corrected chi connectivity index (χ0v) is 7.99. The quantitative estimate of drug-likeness (QED) is 0.710. The molecule has 2 N–H and O–H groups in total. The Morgan fingerprint density at radius 2 is 2.29 bits per heavy atom. The Balaban J connectivity index is 2.28. The van der Waals surface area contributed by atoms with Gasteiger partial charge >= 0.3 is 0 Å². The Morgan fingerprint density at radius 3 is 2.86 bits per heavy atom. The van der Waals surface area contributed by atoms with Crippen molar-refractivity contribution in [2.24, 2.45) is 0 Å². The summed E-state index contributed by atoms with van der Waals surface area (Å²) in [6.07, 6.45) is 2.03. The second-order valence-corrected chi connectivity index (χ2v) is 3.67. The van der Waals surface area contributed by atoms with E-state index in [1.54, 1.807) is 6.07 Å². The van der Waals surface area contributed by atoms with Crippen LogP contribution in [0.3, 0.4) is 0 Å². The van der Waals surface area contributed by atoms with Gasteiger partial charge in [-0.1, -0.05) is 0 Å². The smallest absolute Gasteiger partial charge is 0.251 e. The molecule has 1 aliphatic heterocycles. The number of aromatic nitrogens is 1. The topological polar surface area (TPSA) is 62.3 Å². The summed E-state index contributed by atoms with van der Waals surface area (Å²) in [5.74, 6) is -0.00750. The van der Waals surface area contributed by atoms with Gasteiger partial charge in [0.1, 0.15) is 5.75 Å². The van der Waals surface area contributed by atoms with Crippen molar-refractivity contribution in [1.82, 2.24) is 4.98 Å². The van der Waals surface area contributed by atoms with Gasteiger partial charge in [0.2, 0.25) is 0 Å². The number of aromatic amines is 1. The van der Waals surface area contributed by atoms with Crippen LogP contribution in [0, 0.1) is 0 Å². The average molecular weight is 195 g/mol. The highest BCUT2D eigenvalue weighted by molar-refractivity contribution is 5.22. The van der Waals surface area contributed by atoms with E-state index in [1.807, 2.05) is 6.92 Å². The maximum atomic E-state index is 11.1. The van der Waals surface area contributed by atoms with Gasteiger partial charge in [-0.15, -0.1) is 0 Å². The van der Waals surface area contributed by atoms with Gasteiger partial charge in [-0.25, -0.2) is 0 Å². The number of hydrogen-bond acceptors (Lipinski definition) is 3. The molecule has 2 atom stereocenters. The molecule has 0 aliphatic carbocycles. The van der Waals surface area contributed by atoms with Crippen molar-refractivity contribution < 1.29 is 9.84 Å². The monoisotopic (exact) mass is 195 g/mol. The number of ether oxygens (including phenoxy) is 1. The first-order valence-corrected chi connectivity index (χ1v) is 4.74. The van der Waals surface area contributed by atoms with Crippen LogP contribution in [0.4, 0.5) is 0 Å². The average Bonchev–Trinajstić information content (AvgIpc) is 2.50. The van der Waals surface area contributed by atoms with E-state index in [-0.39, 0.29) is 23.5 Å². The molecule has 4 heteroatoms. The normalized spacial score (nSPS) is 26.6. The third kappa shape index (κ3) is 1.80. The highest BCUT2D eigenvalue weighted by Crippen LogP contribution is 2.31. The van der Waals surface area contributed by atoms with E-state index in [0.717, 1.165) is 18.9 Å². The Bertz CT molecular complexity index is 385. The van der Waals surface area contributed by atoms with Crippen LogP contribution in [0.2, 0.25) is 0 Å². The minimum absolute atomic E-state index is 0.00750. The van der Waals surface area contributed by atoms with Gasteiger partial charge in [-0.2, -0.15) is 0 Å². The van der Waals surface area contributed by atoms with Crippen LogP contribution in [-0.2, 0) is 4.74 Å². The molecule has 1 saturated heterocycles. The van der Waals surface area contributed by atoms with E-state index < -0.39 is 0 Å². The Kier molecular flexibility index (Phi) is 2.29. The van der Waals surface area contributed by atoms with Gasteiger partial charge < -0.3 is 14.8 Å². The maximum absolute atomic E-state index is 11.1. The fourth-order valence-electron chi connectivity index (χ4n) is 1.75. The summed E-state index contributed by atoms with van der Waals surface area (Å²) in [6.45, 7) is 2.00. The summed E-state index contributed by atoms with van der Waals surface area (Å²) < 4.78 is 5.58. The van der Waals surface area contributed by atoms with Crippen molar-refractivity contribution >= 4 is 0 Å². The first-order chi connectivity index (χ1) is 6.65. The largest absolute Gasteiger partial charge is 0.508 e. The minimum Gasteiger partial charge on any atom is -0.508 e. The Morgan fingerprint density at radius 1 is 1.50 bits per heavy atom. The minimum atomic E-state index is -0.289. The molecule has 0 spiro atoms. The molecular formula is C10H13NO3. The third-order valence-corrected chi connectivity index (χ3v) is 2.43. The molecule has 1 aromatic rings. The first kappa shape index (κ1) is 9.27. The summed E-state index contributed by atoms with van der Waals surface area (Å²) in [5.41, 5.74) is 0.377.